The van der Waals surface area contributed by atoms with Crippen molar-refractivity contribution in [1.29, 1.82) is 0 Å². The molecule has 0 saturated carbocycles. The van der Waals surface area contributed by atoms with Gasteiger partial charge in [-0.1, -0.05) is 12.1 Å². The van der Waals surface area contributed by atoms with Gasteiger partial charge in [0, 0.05) is 37.8 Å². The minimum atomic E-state index is -0.0712. The largest absolute Gasteiger partial charge is 0.373 e. The number of morpholine rings is 1. The molecule has 0 aliphatic carbocycles. The van der Waals surface area contributed by atoms with Gasteiger partial charge < -0.3 is 15.8 Å². The lowest BCUT2D eigenvalue weighted by Gasteiger charge is -2.35. The molecular weight excluding hydrogens is 278 g/mol. The van der Waals surface area contributed by atoms with Crippen LogP contribution in [0.3, 0.4) is 0 Å². The first-order chi connectivity index (χ1) is 10.5. The molecule has 3 N–H and O–H groups in total. The van der Waals surface area contributed by atoms with Gasteiger partial charge in [-0.2, -0.15) is 0 Å². The molecule has 3 atom stereocenters. The maximum atomic E-state index is 12.0. The highest BCUT2D eigenvalue weighted by Gasteiger charge is 2.22. The number of hydrogen-bond acceptors (Lipinski definition) is 4. The molecule has 122 valence electrons. The molecule has 1 aromatic rings. The summed E-state index contributed by atoms with van der Waals surface area (Å²) in [5.41, 5.74) is 7.41. The highest BCUT2D eigenvalue weighted by molar-refractivity contribution is 5.94. The van der Waals surface area contributed by atoms with Gasteiger partial charge in [0.15, 0.2) is 0 Å². The quantitative estimate of drug-likeness (QED) is 0.862. The summed E-state index contributed by atoms with van der Waals surface area (Å²) < 4.78 is 5.75. The Kier molecular flexibility index (Phi) is 5.94. The second kappa shape index (κ2) is 7.72. The van der Waals surface area contributed by atoms with Crippen LogP contribution in [0.5, 0.6) is 0 Å². The van der Waals surface area contributed by atoms with Crippen molar-refractivity contribution in [2.24, 2.45) is 5.73 Å². The summed E-state index contributed by atoms with van der Waals surface area (Å²) >= 11 is 0. The number of carbonyl (C=O) groups is 1. The lowest BCUT2D eigenvalue weighted by molar-refractivity contribution is -0.0704. The highest BCUT2D eigenvalue weighted by Crippen LogP contribution is 2.14. The number of rotatable bonds is 5. The van der Waals surface area contributed by atoms with E-state index in [1.165, 1.54) is 5.56 Å². The summed E-state index contributed by atoms with van der Waals surface area (Å²) in [7, 11) is 0. The Labute approximate surface area is 132 Å². The smallest absolute Gasteiger partial charge is 0.251 e. The summed E-state index contributed by atoms with van der Waals surface area (Å²) in [5.74, 6) is -0.0712. The van der Waals surface area contributed by atoms with Crippen LogP contribution in [0.4, 0.5) is 0 Å². The van der Waals surface area contributed by atoms with E-state index in [1.807, 2.05) is 31.2 Å². The summed E-state index contributed by atoms with van der Waals surface area (Å²) in [6, 6.07) is 7.78. The maximum absolute atomic E-state index is 12.0. The monoisotopic (exact) mass is 305 g/mol. The van der Waals surface area contributed by atoms with E-state index >= 15 is 0 Å². The maximum Gasteiger partial charge on any atom is 0.251 e. The number of hydrogen-bond donors (Lipinski definition) is 2. The van der Waals surface area contributed by atoms with E-state index in [2.05, 4.69) is 24.1 Å². The number of nitrogens with two attached hydrogens (primary N) is 1. The van der Waals surface area contributed by atoms with Crippen molar-refractivity contribution in [3.8, 4) is 0 Å². The van der Waals surface area contributed by atoms with Crippen molar-refractivity contribution in [3.05, 3.63) is 35.4 Å². The third-order valence-electron chi connectivity index (χ3n) is 3.85. The van der Waals surface area contributed by atoms with Crippen LogP contribution in [-0.4, -0.2) is 48.7 Å². The molecule has 0 bridgehead atoms. The molecule has 1 aromatic carbocycles. The van der Waals surface area contributed by atoms with Gasteiger partial charge in [-0.05, 0) is 38.5 Å². The van der Waals surface area contributed by atoms with E-state index in [1.54, 1.807) is 0 Å². The Morgan fingerprint density at radius 2 is 1.91 bits per heavy atom. The molecule has 0 aromatic heterocycles. The number of amides is 1. The average Bonchev–Trinajstić information content (AvgIpc) is 2.46. The van der Waals surface area contributed by atoms with E-state index in [0.29, 0.717) is 12.1 Å². The number of ether oxygens (including phenoxy) is 1. The van der Waals surface area contributed by atoms with Crippen LogP contribution in [0.2, 0.25) is 0 Å². The lowest BCUT2D eigenvalue weighted by atomic mass is 10.1. The molecule has 5 nitrogen and oxygen atoms in total. The van der Waals surface area contributed by atoms with Crippen LogP contribution >= 0.6 is 0 Å². The zero-order chi connectivity index (χ0) is 16.1. The van der Waals surface area contributed by atoms with Crippen LogP contribution < -0.4 is 11.1 Å². The fourth-order valence-electron chi connectivity index (χ4n) is 2.80. The molecule has 0 spiro atoms. The molecular formula is C17H27N3O2. The van der Waals surface area contributed by atoms with E-state index < -0.39 is 0 Å². The molecule has 1 aliphatic rings. The first-order valence-electron chi connectivity index (χ1n) is 7.95. The van der Waals surface area contributed by atoms with Gasteiger partial charge in [0.25, 0.3) is 5.91 Å². The van der Waals surface area contributed by atoms with Crippen molar-refractivity contribution in [3.63, 3.8) is 0 Å². The van der Waals surface area contributed by atoms with E-state index in [0.717, 1.165) is 19.6 Å². The number of carbonyl (C=O) groups excluding carboxylic acids is 1. The lowest BCUT2D eigenvalue weighted by Crippen LogP contribution is -2.44. The van der Waals surface area contributed by atoms with Gasteiger partial charge in [0.2, 0.25) is 0 Å². The zero-order valence-corrected chi connectivity index (χ0v) is 13.7. The highest BCUT2D eigenvalue weighted by atomic mass is 16.5. The number of nitrogens with zero attached hydrogens (tertiary/aromatic N) is 1. The van der Waals surface area contributed by atoms with E-state index in [-0.39, 0.29) is 24.2 Å². The molecule has 22 heavy (non-hydrogen) atoms. The molecule has 1 aliphatic heterocycles. The molecule has 1 amide bonds. The third kappa shape index (κ3) is 4.80. The minimum Gasteiger partial charge on any atom is -0.373 e. The molecule has 1 heterocycles. The fourth-order valence-corrected chi connectivity index (χ4v) is 2.80. The molecule has 0 radical (unpaired) electrons. The second-order valence-electron chi connectivity index (χ2n) is 6.26. The molecule has 5 heteroatoms. The summed E-state index contributed by atoms with van der Waals surface area (Å²) in [6.45, 7) is 9.33. The van der Waals surface area contributed by atoms with Crippen LogP contribution in [-0.2, 0) is 11.3 Å². The Hall–Kier alpha value is -1.43. The van der Waals surface area contributed by atoms with Crippen molar-refractivity contribution in [2.45, 2.75) is 45.6 Å². The first-order valence-corrected chi connectivity index (χ1v) is 7.95. The van der Waals surface area contributed by atoms with Gasteiger partial charge in [-0.15, -0.1) is 0 Å². The minimum absolute atomic E-state index is 0.0106. The number of nitrogens with one attached hydrogen (secondary N) is 1. The van der Waals surface area contributed by atoms with Crippen LogP contribution in [0.25, 0.3) is 0 Å². The van der Waals surface area contributed by atoms with Crippen molar-refractivity contribution < 1.29 is 9.53 Å². The van der Waals surface area contributed by atoms with Gasteiger partial charge in [-0.25, -0.2) is 0 Å². The standard InChI is InChI=1S/C17H27N3O2/c1-12(8-18)19-17(21)16-6-4-15(5-7-16)11-20-9-13(2)22-14(3)10-20/h4-7,12-14H,8-11,18H2,1-3H3,(H,19,21)/t12-,13?,14?/m0/s1. The predicted molar refractivity (Wildman–Crippen MR) is 87.7 cm³/mol. The van der Waals surface area contributed by atoms with Crippen LogP contribution in [0, 0.1) is 0 Å². The Balaban J connectivity index is 1.93. The van der Waals surface area contributed by atoms with Crippen molar-refractivity contribution in [2.75, 3.05) is 19.6 Å². The Morgan fingerprint density at radius 3 is 2.45 bits per heavy atom. The molecule has 1 fully saturated rings. The van der Waals surface area contributed by atoms with Crippen LogP contribution in [0.1, 0.15) is 36.7 Å². The SMILES string of the molecule is CC1CN(Cc2ccc(C(=O)N[C@@H](C)CN)cc2)CC(C)O1. The average molecular weight is 305 g/mol. The van der Waals surface area contributed by atoms with Gasteiger partial charge in [0.1, 0.15) is 0 Å². The van der Waals surface area contributed by atoms with Gasteiger partial charge >= 0.3 is 0 Å². The van der Waals surface area contributed by atoms with E-state index in [4.69, 9.17) is 10.5 Å². The van der Waals surface area contributed by atoms with Gasteiger partial charge in [-0.3, -0.25) is 9.69 Å². The fraction of sp³-hybridized carbons (Fsp3) is 0.588. The van der Waals surface area contributed by atoms with Crippen molar-refractivity contribution in [1.82, 2.24) is 10.2 Å². The van der Waals surface area contributed by atoms with E-state index in [9.17, 15) is 4.79 Å². The Morgan fingerprint density at radius 1 is 1.32 bits per heavy atom. The second-order valence-corrected chi connectivity index (χ2v) is 6.26. The number of benzene rings is 1. The molecule has 2 rings (SSSR count). The van der Waals surface area contributed by atoms with Gasteiger partial charge in [0.05, 0.1) is 12.2 Å². The third-order valence-corrected chi connectivity index (χ3v) is 3.85. The summed E-state index contributed by atoms with van der Waals surface area (Å²) in [6.07, 6.45) is 0.540. The van der Waals surface area contributed by atoms with Crippen molar-refractivity contribution >= 4 is 5.91 Å². The Bertz CT molecular complexity index is 479. The summed E-state index contributed by atoms with van der Waals surface area (Å²) in [4.78, 5) is 14.4. The molecule has 2 unspecified atom stereocenters. The van der Waals surface area contributed by atoms with Crippen LogP contribution in [0.15, 0.2) is 24.3 Å². The topological polar surface area (TPSA) is 67.6 Å². The normalized spacial score (nSPS) is 24.0. The molecule has 1 saturated heterocycles. The zero-order valence-electron chi connectivity index (χ0n) is 13.7. The summed E-state index contributed by atoms with van der Waals surface area (Å²) in [5, 5.41) is 2.87. The predicted octanol–water partition coefficient (Wildman–Crippen LogP) is 1.37. The first kappa shape index (κ1) is 16.9.